The van der Waals surface area contributed by atoms with Crippen molar-refractivity contribution in [2.75, 3.05) is 0 Å². The highest BCUT2D eigenvalue weighted by Crippen LogP contribution is 2.32. The second kappa shape index (κ2) is 6.71. The molecule has 0 amide bonds. The van der Waals surface area contributed by atoms with Crippen LogP contribution in [-0.4, -0.2) is 15.8 Å². The number of hydrogen-bond acceptors (Lipinski definition) is 5. The molecule has 6 nitrogen and oxygen atoms in total. The van der Waals surface area contributed by atoms with Gasteiger partial charge in [0.15, 0.2) is 0 Å². The van der Waals surface area contributed by atoms with Crippen molar-refractivity contribution in [3.63, 3.8) is 0 Å². The van der Waals surface area contributed by atoms with Gasteiger partial charge in [0.05, 0.1) is 11.2 Å². The van der Waals surface area contributed by atoms with Crippen molar-refractivity contribution in [3.8, 4) is 5.75 Å². The number of carbonyl (C=O) groups is 1. The number of para-hydroxylation sites is 1. The fraction of sp³-hybridized carbons (Fsp3) is 0.188. The number of carbonyl (C=O) groups excluding carboxylic acids is 1. The normalized spacial score (nSPS) is 12.9. The summed E-state index contributed by atoms with van der Waals surface area (Å²) in [6.07, 6.45) is 2.62. The third-order valence-corrected chi connectivity index (χ3v) is 3.19. The highest BCUT2D eigenvalue weighted by atomic mass is 16.6. The van der Waals surface area contributed by atoms with Crippen molar-refractivity contribution in [1.82, 2.24) is 0 Å². The minimum absolute atomic E-state index is 0.0477. The Morgan fingerprint density at radius 1 is 1.36 bits per heavy atom. The van der Waals surface area contributed by atoms with Crippen LogP contribution in [0.2, 0.25) is 0 Å². The van der Waals surface area contributed by atoms with E-state index in [1.165, 1.54) is 25.3 Å². The number of nitrogens with zero attached hydrogens (tertiary/aromatic N) is 1. The number of Topliss-reactive ketones (excluding diaryl/α,β-unsaturated/α-hetero) is 1. The fourth-order valence-electron chi connectivity index (χ4n) is 2.18. The first-order valence-corrected chi connectivity index (χ1v) is 6.66. The monoisotopic (exact) mass is 301 g/mol. The van der Waals surface area contributed by atoms with Gasteiger partial charge in [-0.15, -0.1) is 0 Å². The average molecular weight is 301 g/mol. The molecule has 1 aromatic carbocycles. The van der Waals surface area contributed by atoms with Crippen LogP contribution in [0.25, 0.3) is 6.08 Å². The lowest BCUT2D eigenvalue weighted by Gasteiger charge is -2.11. The first-order chi connectivity index (χ1) is 10.5. The van der Waals surface area contributed by atoms with Crippen molar-refractivity contribution in [3.05, 3.63) is 69.8 Å². The predicted octanol–water partition coefficient (Wildman–Crippen LogP) is 3.37. The van der Waals surface area contributed by atoms with Gasteiger partial charge in [0.1, 0.15) is 23.2 Å². The molecule has 6 heteroatoms. The molecule has 114 valence electrons. The standard InChI is InChI=1S/C16H15NO5/c1-11(18)9-13(16-7-4-8-22-16)14(17(20)21)10-12-5-2-3-6-15(12)19/h2-8,10,13,19H,9H2,1H3. The average Bonchev–Trinajstić information content (AvgIpc) is 2.97. The molecule has 0 aliphatic heterocycles. The van der Waals surface area contributed by atoms with E-state index in [1.807, 2.05) is 0 Å². The van der Waals surface area contributed by atoms with E-state index in [4.69, 9.17) is 4.42 Å². The smallest absolute Gasteiger partial charge is 0.258 e. The van der Waals surface area contributed by atoms with Crippen LogP contribution in [0.15, 0.2) is 52.8 Å². The molecule has 0 spiro atoms. The Balaban J connectivity index is 2.50. The largest absolute Gasteiger partial charge is 0.507 e. The Morgan fingerprint density at radius 2 is 2.09 bits per heavy atom. The first-order valence-electron chi connectivity index (χ1n) is 6.66. The minimum Gasteiger partial charge on any atom is -0.507 e. The van der Waals surface area contributed by atoms with Crippen LogP contribution >= 0.6 is 0 Å². The van der Waals surface area contributed by atoms with E-state index in [0.717, 1.165) is 0 Å². The molecule has 0 bridgehead atoms. The minimum atomic E-state index is -0.804. The molecule has 1 unspecified atom stereocenters. The highest BCUT2D eigenvalue weighted by molar-refractivity contribution is 5.77. The van der Waals surface area contributed by atoms with E-state index in [2.05, 4.69) is 0 Å². The quantitative estimate of drug-likeness (QED) is 0.652. The van der Waals surface area contributed by atoms with E-state index in [0.29, 0.717) is 11.3 Å². The van der Waals surface area contributed by atoms with Crippen LogP contribution in [0.5, 0.6) is 5.75 Å². The molecule has 1 atom stereocenters. The SMILES string of the molecule is CC(=O)CC(C(=Cc1ccccc1O)[N+](=O)[O-])c1ccco1. The van der Waals surface area contributed by atoms with Gasteiger partial charge in [0.2, 0.25) is 0 Å². The second-order valence-electron chi connectivity index (χ2n) is 4.86. The summed E-state index contributed by atoms with van der Waals surface area (Å²) in [7, 11) is 0. The Labute approximate surface area is 126 Å². The number of phenolic OH excluding ortho intramolecular Hbond substituents is 1. The number of benzene rings is 1. The summed E-state index contributed by atoms with van der Waals surface area (Å²) in [4.78, 5) is 22.3. The zero-order valence-electron chi connectivity index (χ0n) is 11.9. The van der Waals surface area contributed by atoms with Gasteiger partial charge in [-0.1, -0.05) is 18.2 Å². The first kappa shape index (κ1) is 15.5. The molecule has 0 radical (unpaired) electrons. The maximum absolute atomic E-state index is 11.5. The number of aromatic hydroxyl groups is 1. The number of allylic oxidation sites excluding steroid dienone is 1. The second-order valence-corrected chi connectivity index (χ2v) is 4.86. The van der Waals surface area contributed by atoms with E-state index in [9.17, 15) is 20.0 Å². The summed E-state index contributed by atoms with van der Waals surface area (Å²) in [6, 6.07) is 9.49. The van der Waals surface area contributed by atoms with Crippen LogP contribution in [0, 0.1) is 10.1 Å². The van der Waals surface area contributed by atoms with Crippen LogP contribution in [0.4, 0.5) is 0 Å². The number of furan rings is 1. The van der Waals surface area contributed by atoms with Gasteiger partial charge in [0, 0.05) is 18.1 Å². The van der Waals surface area contributed by atoms with Crippen molar-refractivity contribution in [1.29, 1.82) is 0 Å². The Bertz CT molecular complexity index is 703. The van der Waals surface area contributed by atoms with Gasteiger partial charge in [-0.05, 0) is 25.1 Å². The molecule has 0 saturated carbocycles. The third-order valence-electron chi connectivity index (χ3n) is 3.19. The molecule has 0 aliphatic rings. The number of phenols is 1. The summed E-state index contributed by atoms with van der Waals surface area (Å²) < 4.78 is 5.24. The zero-order valence-corrected chi connectivity index (χ0v) is 11.9. The maximum atomic E-state index is 11.5. The molecular weight excluding hydrogens is 286 g/mol. The number of nitro groups is 1. The number of ketones is 1. The topological polar surface area (TPSA) is 93.6 Å². The molecule has 0 saturated heterocycles. The van der Waals surface area contributed by atoms with E-state index in [-0.39, 0.29) is 23.7 Å². The van der Waals surface area contributed by atoms with Crippen LogP contribution in [0.1, 0.15) is 30.6 Å². The fourth-order valence-corrected chi connectivity index (χ4v) is 2.18. The van der Waals surface area contributed by atoms with Gasteiger partial charge in [-0.3, -0.25) is 14.9 Å². The van der Waals surface area contributed by atoms with E-state index in [1.54, 1.807) is 30.3 Å². The molecule has 1 N–H and O–H groups in total. The molecule has 2 rings (SSSR count). The van der Waals surface area contributed by atoms with Crippen molar-refractivity contribution < 1.29 is 19.2 Å². The Hall–Kier alpha value is -2.89. The highest BCUT2D eigenvalue weighted by Gasteiger charge is 2.30. The lowest BCUT2D eigenvalue weighted by atomic mass is 9.95. The Morgan fingerprint density at radius 3 is 2.64 bits per heavy atom. The third kappa shape index (κ3) is 3.60. The molecular formula is C16H15NO5. The van der Waals surface area contributed by atoms with Gasteiger partial charge < -0.3 is 9.52 Å². The van der Waals surface area contributed by atoms with Crippen molar-refractivity contribution in [2.45, 2.75) is 19.3 Å². The summed E-state index contributed by atoms with van der Waals surface area (Å²) in [6.45, 7) is 1.37. The lowest BCUT2D eigenvalue weighted by molar-refractivity contribution is -0.428. The van der Waals surface area contributed by atoms with E-state index >= 15 is 0 Å². The molecule has 0 fully saturated rings. The van der Waals surface area contributed by atoms with Crippen molar-refractivity contribution >= 4 is 11.9 Å². The van der Waals surface area contributed by atoms with Crippen molar-refractivity contribution in [2.24, 2.45) is 0 Å². The lowest BCUT2D eigenvalue weighted by Crippen LogP contribution is -2.13. The molecule has 22 heavy (non-hydrogen) atoms. The van der Waals surface area contributed by atoms with Gasteiger partial charge in [-0.2, -0.15) is 0 Å². The molecule has 0 aliphatic carbocycles. The zero-order chi connectivity index (χ0) is 16.1. The van der Waals surface area contributed by atoms with Gasteiger partial charge >= 0.3 is 0 Å². The predicted molar refractivity (Wildman–Crippen MR) is 79.8 cm³/mol. The molecule has 1 heterocycles. The maximum Gasteiger partial charge on any atom is 0.258 e. The molecule has 2 aromatic rings. The van der Waals surface area contributed by atoms with E-state index < -0.39 is 10.8 Å². The summed E-state index contributed by atoms with van der Waals surface area (Å²) in [5, 5.41) is 21.2. The summed E-state index contributed by atoms with van der Waals surface area (Å²) >= 11 is 0. The van der Waals surface area contributed by atoms with Crippen LogP contribution < -0.4 is 0 Å². The van der Waals surface area contributed by atoms with Gasteiger partial charge in [-0.25, -0.2) is 0 Å². The summed E-state index contributed by atoms with van der Waals surface area (Å²) in [5.74, 6) is -0.718. The van der Waals surface area contributed by atoms with Crippen LogP contribution in [0.3, 0.4) is 0 Å². The number of hydrogen-bond donors (Lipinski definition) is 1. The number of rotatable bonds is 6. The summed E-state index contributed by atoms with van der Waals surface area (Å²) in [5.41, 5.74) is 0.112. The molecule has 1 aromatic heterocycles. The van der Waals surface area contributed by atoms with Crippen LogP contribution in [-0.2, 0) is 4.79 Å². The Kier molecular flexibility index (Phi) is 4.73. The van der Waals surface area contributed by atoms with Gasteiger partial charge in [0.25, 0.3) is 5.70 Å².